The van der Waals surface area contributed by atoms with Crippen LogP contribution in [0.4, 0.5) is 0 Å². The van der Waals surface area contributed by atoms with Gasteiger partial charge in [0.2, 0.25) is 5.91 Å². The van der Waals surface area contributed by atoms with Crippen molar-refractivity contribution < 1.29 is 13.2 Å². The second-order valence-electron chi connectivity index (χ2n) is 8.54. The van der Waals surface area contributed by atoms with Crippen molar-refractivity contribution in [2.45, 2.75) is 43.5 Å². The zero-order chi connectivity index (χ0) is 19.7. The Kier molecular flexibility index (Phi) is 6.23. The van der Waals surface area contributed by atoms with Crippen molar-refractivity contribution in [2.75, 3.05) is 43.4 Å². The predicted octanol–water partition coefficient (Wildman–Crippen LogP) is 2.41. The number of benzene rings is 1. The van der Waals surface area contributed by atoms with Gasteiger partial charge < -0.3 is 4.90 Å². The lowest BCUT2D eigenvalue weighted by atomic mass is 9.87. The van der Waals surface area contributed by atoms with Gasteiger partial charge in [-0.25, -0.2) is 8.42 Å². The highest BCUT2D eigenvalue weighted by molar-refractivity contribution is 8.00. The Morgan fingerprint density at radius 3 is 2.26 bits per heavy atom. The summed E-state index contributed by atoms with van der Waals surface area (Å²) in [7, 11) is -2.85. The Labute approximate surface area is 167 Å². The first-order chi connectivity index (χ1) is 12.6. The SMILES string of the molecule is CC(C)(C)c1ccc(SCC(=O)N2CCN(C3CCS(=O)(=O)C3)CC2)cc1. The minimum atomic E-state index is -2.85. The number of carbonyl (C=O) groups excluding carboxylic acids is 1. The van der Waals surface area contributed by atoms with Crippen molar-refractivity contribution >= 4 is 27.5 Å². The molecule has 0 aromatic heterocycles. The molecule has 1 atom stereocenters. The summed E-state index contributed by atoms with van der Waals surface area (Å²) in [5, 5.41) is 0. The van der Waals surface area contributed by atoms with E-state index in [9.17, 15) is 13.2 Å². The van der Waals surface area contributed by atoms with Crippen molar-refractivity contribution in [1.29, 1.82) is 0 Å². The summed E-state index contributed by atoms with van der Waals surface area (Å²) in [5.74, 6) is 1.20. The molecule has 0 spiro atoms. The van der Waals surface area contributed by atoms with Gasteiger partial charge in [0.15, 0.2) is 9.84 Å². The smallest absolute Gasteiger partial charge is 0.233 e. The molecule has 2 saturated heterocycles. The number of rotatable bonds is 4. The molecule has 5 nitrogen and oxygen atoms in total. The highest BCUT2D eigenvalue weighted by atomic mass is 32.2. The first kappa shape index (κ1) is 20.7. The van der Waals surface area contributed by atoms with E-state index in [0.29, 0.717) is 24.6 Å². The summed E-state index contributed by atoms with van der Waals surface area (Å²) >= 11 is 1.58. The molecule has 0 radical (unpaired) electrons. The maximum absolute atomic E-state index is 12.5. The first-order valence-corrected chi connectivity index (χ1v) is 12.4. The Balaban J connectivity index is 1.44. The van der Waals surface area contributed by atoms with Crippen LogP contribution in [0.1, 0.15) is 32.8 Å². The molecule has 150 valence electrons. The highest BCUT2D eigenvalue weighted by Gasteiger charge is 2.34. The number of thioether (sulfide) groups is 1. The van der Waals surface area contributed by atoms with Crippen LogP contribution in [0.15, 0.2) is 29.2 Å². The van der Waals surface area contributed by atoms with E-state index in [-0.39, 0.29) is 23.1 Å². The third kappa shape index (κ3) is 5.48. The van der Waals surface area contributed by atoms with Crippen LogP contribution >= 0.6 is 11.8 Å². The molecular weight excluding hydrogens is 380 g/mol. The quantitative estimate of drug-likeness (QED) is 0.714. The van der Waals surface area contributed by atoms with Gasteiger partial charge in [0.05, 0.1) is 17.3 Å². The van der Waals surface area contributed by atoms with Crippen LogP contribution in [0.5, 0.6) is 0 Å². The van der Waals surface area contributed by atoms with Gasteiger partial charge >= 0.3 is 0 Å². The van der Waals surface area contributed by atoms with Crippen LogP contribution in [0.2, 0.25) is 0 Å². The van der Waals surface area contributed by atoms with Gasteiger partial charge in [-0.15, -0.1) is 11.8 Å². The monoisotopic (exact) mass is 410 g/mol. The molecule has 2 aliphatic heterocycles. The second kappa shape index (κ2) is 8.13. The molecule has 7 heteroatoms. The Bertz CT molecular complexity index is 761. The molecule has 0 N–H and O–H groups in total. The molecule has 2 fully saturated rings. The maximum atomic E-state index is 12.5. The zero-order valence-corrected chi connectivity index (χ0v) is 18.1. The van der Waals surface area contributed by atoms with E-state index in [2.05, 4.69) is 49.9 Å². The van der Waals surface area contributed by atoms with E-state index in [1.807, 2.05) is 4.90 Å². The van der Waals surface area contributed by atoms with Crippen molar-refractivity contribution in [3.63, 3.8) is 0 Å². The molecule has 27 heavy (non-hydrogen) atoms. The molecule has 1 unspecified atom stereocenters. The lowest BCUT2D eigenvalue weighted by Crippen LogP contribution is -2.52. The molecule has 2 heterocycles. The molecule has 0 aliphatic carbocycles. The number of sulfone groups is 1. The fraction of sp³-hybridized carbons (Fsp3) is 0.650. The highest BCUT2D eigenvalue weighted by Crippen LogP contribution is 2.26. The Morgan fingerprint density at radius 1 is 1.11 bits per heavy atom. The third-order valence-electron chi connectivity index (χ3n) is 5.47. The number of hydrogen-bond acceptors (Lipinski definition) is 5. The van der Waals surface area contributed by atoms with Crippen LogP contribution in [0.3, 0.4) is 0 Å². The number of nitrogens with zero attached hydrogens (tertiary/aromatic N) is 2. The van der Waals surface area contributed by atoms with Gasteiger partial charge in [-0.3, -0.25) is 9.69 Å². The molecule has 0 saturated carbocycles. The van der Waals surface area contributed by atoms with Crippen molar-refractivity contribution in [1.82, 2.24) is 9.80 Å². The molecule has 1 aromatic carbocycles. The molecule has 1 amide bonds. The van der Waals surface area contributed by atoms with E-state index in [1.54, 1.807) is 11.8 Å². The summed E-state index contributed by atoms with van der Waals surface area (Å²) in [6.45, 7) is 9.52. The van der Waals surface area contributed by atoms with Crippen LogP contribution < -0.4 is 0 Å². The van der Waals surface area contributed by atoms with E-state index in [1.165, 1.54) is 5.56 Å². The number of carbonyl (C=O) groups is 1. The summed E-state index contributed by atoms with van der Waals surface area (Å²) in [4.78, 5) is 17.8. The zero-order valence-electron chi connectivity index (χ0n) is 16.5. The maximum Gasteiger partial charge on any atom is 0.233 e. The number of hydrogen-bond donors (Lipinski definition) is 0. The standard InChI is InChI=1S/C20H30N2O3S2/c1-20(2,3)16-4-6-18(7-5-16)26-14-19(23)22-11-9-21(10-12-22)17-8-13-27(24,25)15-17/h4-7,17H,8-15H2,1-3H3. The van der Waals surface area contributed by atoms with Crippen LogP contribution in [0, 0.1) is 0 Å². The van der Waals surface area contributed by atoms with Gasteiger partial charge in [-0.05, 0) is 29.5 Å². The average molecular weight is 411 g/mol. The minimum absolute atomic E-state index is 0.136. The fourth-order valence-electron chi connectivity index (χ4n) is 3.69. The lowest BCUT2D eigenvalue weighted by Gasteiger charge is -2.37. The third-order valence-corrected chi connectivity index (χ3v) is 8.22. The minimum Gasteiger partial charge on any atom is -0.339 e. The van der Waals surface area contributed by atoms with E-state index >= 15 is 0 Å². The normalized spacial score (nSPS) is 23.5. The number of piperazine rings is 1. The summed E-state index contributed by atoms with van der Waals surface area (Å²) < 4.78 is 23.3. The van der Waals surface area contributed by atoms with Crippen molar-refractivity contribution in [2.24, 2.45) is 0 Å². The van der Waals surface area contributed by atoms with Gasteiger partial charge in [-0.2, -0.15) is 0 Å². The van der Waals surface area contributed by atoms with E-state index in [4.69, 9.17) is 0 Å². The van der Waals surface area contributed by atoms with Crippen molar-refractivity contribution in [3.05, 3.63) is 29.8 Å². The molecular formula is C20H30N2O3S2. The Morgan fingerprint density at radius 2 is 1.74 bits per heavy atom. The lowest BCUT2D eigenvalue weighted by molar-refractivity contribution is -0.130. The number of amides is 1. The summed E-state index contributed by atoms with van der Waals surface area (Å²) in [5.41, 5.74) is 1.43. The van der Waals surface area contributed by atoms with Gasteiger partial charge in [-0.1, -0.05) is 32.9 Å². The topological polar surface area (TPSA) is 57.7 Å². The molecule has 0 bridgehead atoms. The van der Waals surface area contributed by atoms with E-state index < -0.39 is 9.84 Å². The van der Waals surface area contributed by atoms with Crippen molar-refractivity contribution in [3.8, 4) is 0 Å². The predicted molar refractivity (Wildman–Crippen MR) is 111 cm³/mol. The largest absolute Gasteiger partial charge is 0.339 e. The van der Waals surface area contributed by atoms with Crippen LogP contribution in [0.25, 0.3) is 0 Å². The van der Waals surface area contributed by atoms with Gasteiger partial charge in [0.1, 0.15) is 0 Å². The summed E-state index contributed by atoms with van der Waals surface area (Å²) in [6.07, 6.45) is 0.733. The fourth-order valence-corrected chi connectivity index (χ4v) is 6.25. The average Bonchev–Trinajstić information content (AvgIpc) is 2.99. The van der Waals surface area contributed by atoms with Crippen LogP contribution in [-0.2, 0) is 20.0 Å². The molecule has 2 aliphatic rings. The summed E-state index contributed by atoms with van der Waals surface area (Å²) in [6, 6.07) is 8.61. The molecule has 3 rings (SSSR count). The molecule has 1 aromatic rings. The Hall–Kier alpha value is -1.05. The van der Waals surface area contributed by atoms with E-state index in [0.717, 1.165) is 24.4 Å². The first-order valence-electron chi connectivity index (χ1n) is 9.60. The van der Waals surface area contributed by atoms with Crippen LogP contribution in [-0.4, -0.2) is 73.6 Å². The van der Waals surface area contributed by atoms with Gasteiger partial charge in [0, 0.05) is 37.1 Å². The van der Waals surface area contributed by atoms with Gasteiger partial charge in [0.25, 0.3) is 0 Å². The second-order valence-corrected chi connectivity index (χ2v) is 11.8.